The molecule has 22 heavy (non-hydrogen) atoms. The van der Waals surface area contributed by atoms with E-state index in [2.05, 4.69) is 0 Å². The molecule has 0 amide bonds. The standard InChI is InChI=1S/C18H15NO3/c1-21-17-10-6-5-9-15(17)13-16(18(20)22-12-11-19)14-7-3-2-4-8-14/h2-10,13H,12H2,1H3/b16-13-. The van der Waals surface area contributed by atoms with Crippen molar-refractivity contribution in [2.75, 3.05) is 13.7 Å². The van der Waals surface area contributed by atoms with Crippen LogP contribution in [0.15, 0.2) is 54.6 Å². The van der Waals surface area contributed by atoms with Gasteiger partial charge in [-0.15, -0.1) is 0 Å². The number of esters is 1. The smallest absolute Gasteiger partial charge is 0.339 e. The van der Waals surface area contributed by atoms with Crippen LogP contribution in [0, 0.1) is 11.3 Å². The normalized spacial score (nSPS) is 10.6. The van der Waals surface area contributed by atoms with E-state index in [1.807, 2.05) is 54.6 Å². The molecule has 0 unspecified atom stereocenters. The van der Waals surface area contributed by atoms with Crippen LogP contribution in [0.1, 0.15) is 11.1 Å². The quantitative estimate of drug-likeness (QED) is 0.482. The molecule has 110 valence electrons. The fraction of sp³-hybridized carbons (Fsp3) is 0.111. The van der Waals surface area contributed by atoms with Gasteiger partial charge in [0, 0.05) is 5.56 Å². The van der Waals surface area contributed by atoms with E-state index in [-0.39, 0.29) is 6.61 Å². The van der Waals surface area contributed by atoms with E-state index in [1.165, 1.54) is 0 Å². The number of nitriles is 1. The molecule has 0 aliphatic carbocycles. The number of carbonyl (C=O) groups excluding carboxylic acids is 1. The van der Waals surface area contributed by atoms with Gasteiger partial charge in [0.2, 0.25) is 0 Å². The number of hydrogen-bond acceptors (Lipinski definition) is 4. The summed E-state index contributed by atoms with van der Waals surface area (Å²) in [5.41, 5.74) is 1.86. The molecular formula is C18H15NO3. The van der Waals surface area contributed by atoms with Gasteiger partial charge in [0.05, 0.1) is 12.7 Å². The van der Waals surface area contributed by atoms with Gasteiger partial charge in [-0.2, -0.15) is 5.26 Å². The molecular weight excluding hydrogens is 278 g/mol. The molecule has 0 fully saturated rings. The Morgan fingerprint density at radius 2 is 1.82 bits per heavy atom. The third kappa shape index (κ3) is 3.74. The van der Waals surface area contributed by atoms with Crippen molar-refractivity contribution in [1.82, 2.24) is 0 Å². The van der Waals surface area contributed by atoms with Gasteiger partial charge in [-0.05, 0) is 17.7 Å². The van der Waals surface area contributed by atoms with Crippen LogP contribution >= 0.6 is 0 Å². The van der Waals surface area contributed by atoms with Gasteiger partial charge in [0.1, 0.15) is 11.8 Å². The van der Waals surface area contributed by atoms with Crippen LogP contribution in [0.3, 0.4) is 0 Å². The molecule has 0 spiro atoms. The Balaban J connectivity index is 2.46. The Kier molecular flexibility index (Phi) is 5.33. The summed E-state index contributed by atoms with van der Waals surface area (Å²) in [6.45, 7) is -0.283. The van der Waals surface area contributed by atoms with E-state index in [0.717, 1.165) is 11.1 Å². The highest BCUT2D eigenvalue weighted by atomic mass is 16.5. The van der Waals surface area contributed by atoms with Crippen molar-refractivity contribution in [3.63, 3.8) is 0 Å². The molecule has 0 aliphatic heterocycles. The van der Waals surface area contributed by atoms with Crippen LogP contribution in [0.5, 0.6) is 5.75 Å². The largest absolute Gasteiger partial charge is 0.496 e. The molecule has 4 nitrogen and oxygen atoms in total. The molecule has 0 aromatic heterocycles. The van der Waals surface area contributed by atoms with Gasteiger partial charge < -0.3 is 9.47 Å². The molecule has 4 heteroatoms. The first kappa shape index (κ1) is 15.3. The fourth-order valence-corrected chi connectivity index (χ4v) is 1.99. The highest BCUT2D eigenvalue weighted by molar-refractivity contribution is 6.21. The molecule has 2 aromatic rings. The number of nitrogens with zero attached hydrogens (tertiary/aromatic N) is 1. The van der Waals surface area contributed by atoms with Gasteiger partial charge in [-0.3, -0.25) is 0 Å². The van der Waals surface area contributed by atoms with Crippen LogP contribution in [0.25, 0.3) is 11.6 Å². The molecule has 0 heterocycles. The number of carbonyl (C=O) groups is 1. The summed E-state index contributed by atoms with van der Waals surface area (Å²) in [5, 5.41) is 8.57. The van der Waals surface area contributed by atoms with E-state index in [9.17, 15) is 4.79 Å². The minimum atomic E-state index is -0.543. The molecule has 0 saturated carbocycles. The lowest BCUT2D eigenvalue weighted by Gasteiger charge is -2.09. The van der Waals surface area contributed by atoms with Crippen LogP contribution in [0.2, 0.25) is 0 Å². The molecule has 0 bridgehead atoms. The number of rotatable bonds is 5. The number of ether oxygens (including phenoxy) is 2. The Morgan fingerprint density at radius 1 is 1.14 bits per heavy atom. The summed E-state index contributed by atoms with van der Waals surface area (Å²) in [7, 11) is 1.57. The number of benzene rings is 2. The summed E-state index contributed by atoms with van der Waals surface area (Å²) >= 11 is 0. The van der Waals surface area contributed by atoms with E-state index in [0.29, 0.717) is 11.3 Å². The number of methoxy groups -OCH3 is 1. The summed E-state index contributed by atoms with van der Waals surface area (Å²) in [6.07, 6.45) is 1.70. The molecule has 2 rings (SSSR count). The molecule has 0 atom stereocenters. The van der Waals surface area contributed by atoms with Crippen LogP contribution in [-0.4, -0.2) is 19.7 Å². The zero-order chi connectivity index (χ0) is 15.8. The molecule has 0 saturated heterocycles. The maximum absolute atomic E-state index is 12.2. The highest BCUT2D eigenvalue weighted by Crippen LogP contribution is 2.25. The van der Waals surface area contributed by atoms with Crippen molar-refractivity contribution in [2.24, 2.45) is 0 Å². The van der Waals surface area contributed by atoms with Crippen molar-refractivity contribution < 1.29 is 14.3 Å². The lowest BCUT2D eigenvalue weighted by molar-refractivity contribution is -0.135. The predicted octanol–water partition coefficient (Wildman–Crippen LogP) is 3.30. The summed E-state index contributed by atoms with van der Waals surface area (Å²) in [4.78, 5) is 12.2. The van der Waals surface area contributed by atoms with Crippen LogP contribution in [0.4, 0.5) is 0 Å². The van der Waals surface area contributed by atoms with E-state index in [1.54, 1.807) is 19.3 Å². The molecule has 2 aromatic carbocycles. The Labute approximate surface area is 129 Å². The maximum atomic E-state index is 12.2. The van der Waals surface area contributed by atoms with Gasteiger partial charge in [-0.1, -0.05) is 48.5 Å². The summed E-state index contributed by atoms with van der Waals surface area (Å²) in [6, 6.07) is 18.3. The second-order valence-electron chi connectivity index (χ2n) is 4.40. The van der Waals surface area contributed by atoms with E-state index >= 15 is 0 Å². The topological polar surface area (TPSA) is 59.3 Å². The van der Waals surface area contributed by atoms with E-state index in [4.69, 9.17) is 14.7 Å². The second kappa shape index (κ2) is 7.65. The monoisotopic (exact) mass is 293 g/mol. The SMILES string of the molecule is COc1ccccc1/C=C(\C(=O)OCC#N)c1ccccc1. The van der Waals surface area contributed by atoms with Gasteiger partial charge in [0.15, 0.2) is 6.61 Å². The first-order valence-electron chi connectivity index (χ1n) is 6.70. The van der Waals surface area contributed by atoms with Crippen LogP contribution < -0.4 is 4.74 Å². The average molecular weight is 293 g/mol. The fourth-order valence-electron chi connectivity index (χ4n) is 1.99. The lowest BCUT2D eigenvalue weighted by Crippen LogP contribution is -2.07. The average Bonchev–Trinajstić information content (AvgIpc) is 2.58. The molecule has 0 N–H and O–H groups in total. The predicted molar refractivity (Wildman–Crippen MR) is 83.9 cm³/mol. The van der Waals surface area contributed by atoms with Crippen molar-refractivity contribution in [1.29, 1.82) is 5.26 Å². The van der Waals surface area contributed by atoms with Crippen molar-refractivity contribution in [3.05, 3.63) is 65.7 Å². The Bertz CT molecular complexity index is 715. The minimum Gasteiger partial charge on any atom is -0.496 e. The van der Waals surface area contributed by atoms with E-state index < -0.39 is 5.97 Å². The maximum Gasteiger partial charge on any atom is 0.339 e. The Hall–Kier alpha value is -3.06. The summed E-state index contributed by atoms with van der Waals surface area (Å²) < 4.78 is 10.2. The summed E-state index contributed by atoms with van der Waals surface area (Å²) in [5.74, 6) is 0.114. The first-order valence-corrected chi connectivity index (χ1v) is 6.70. The zero-order valence-electron chi connectivity index (χ0n) is 12.2. The molecule has 0 aliphatic rings. The van der Waals surface area contributed by atoms with Gasteiger partial charge >= 0.3 is 5.97 Å². The minimum absolute atomic E-state index is 0.283. The van der Waals surface area contributed by atoms with Gasteiger partial charge in [-0.25, -0.2) is 4.79 Å². The number of hydrogen-bond donors (Lipinski definition) is 0. The zero-order valence-corrected chi connectivity index (χ0v) is 12.2. The van der Waals surface area contributed by atoms with Crippen molar-refractivity contribution in [3.8, 4) is 11.8 Å². The second-order valence-corrected chi connectivity index (χ2v) is 4.40. The third-order valence-corrected chi connectivity index (χ3v) is 3.01. The third-order valence-electron chi connectivity index (χ3n) is 3.01. The Morgan fingerprint density at radius 3 is 2.50 bits per heavy atom. The first-order chi connectivity index (χ1) is 10.8. The molecule has 0 radical (unpaired) electrons. The van der Waals surface area contributed by atoms with Gasteiger partial charge in [0.25, 0.3) is 0 Å². The highest BCUT2D eigenvalue weighted by Gasteiger charge is 2.14. The van der Waals surface area contributed by atoms with Crippen molar-refractivity contribution in [2.45, 2.75) is 0 Å². The van der Waals surface area contributed by atoms with Crippen molar-refractivity contribution >= 4 is 17.6 Å². The number of para-hydroxylation sites is 1. The lowest BCUT2D eigenvalue weighted by atomic mass is 10.0. The van der Waals surface area contributed by atoms with Crippen LogP contribution in [-0.2, 0) is 9.53 Å².